The first-order valence-corrected chi connectivity index (χ1v) is 7.29. The van der Waals surface area contributed by atoms with Crippen LogP contribution >= 0.6 is 11.6 Å². The number of carbonyl (C=O) groups is 1. The molecule has 0 fully saturated rings. The standard InChI is InChI=1S/C15H15ClN4O2/c1-3-22-14(21)12-9(2)19-15-17-8-18-20(15)13(12)10-4-6-11(16)7-5-10/h4-8,13H,3H2,1-2H3,(H,17,18,19). The molecule has 0 amide bonds. The third-order valence-electron chi connectivity index (χ3n) is 3.48. The van der Waals surface area contributed by atoms with E-state index < -0.39 is 6.04 Å². The monoisotopic (exact) mass is 318 g/mol. The van der Waals surface area contributed by atoms with Crippen LogP contribution in [0.2, 0.25) is 5.02 Å². The molecule has 0 bridgehead atoms. The van der Waals surface area contributed by atoms with Crippen LogP contribution in [-0.4, -0.2) is 27.3 Å². The average molecular weight is 319 g/mol. The van der Waals surface area contributed by atoms with Crippen LogP contribution in [0.5, 0.6) is 0 Å². The van der Waals surface area contributed by atoms with Gasteiger partial charge in [-0.25, -0.2) is 9.48 Å². The molecule has 0 saturated heterocycles. The molecule has 1 atom stereocenters. The van der Waals surface area contributed by atoms with Crippen molar-refractivity contribution in [3.05, 3.63) is 52.4 Å². The molecule has 1 aromatic heterocycles. The molecule has 1 aliphatic rings. The van der Waals surface area contributed by atoms with Gasteiger partial charge in [0.25, 0.3) is 0 Å². The first-order valence-electron chi connectivity index (χ1n) is 6.91. The van der Waals surface area contributed by atoms with Gasteiger partial charge in [-0.1, -0.05) is 23.7 Å². The number of benzene rings is 1. The normalized spacial score (nSPS) is 17.0. The molecule has 0 saturated carbocycles. The Kier molecular flexibility index (Phi) is 3.85. The second kappa shape index (κ2) is 5.81. The van der Waals surface area contributed by atoms with E-state index in [1.165, 1.54) is 6.33 Å². The van der Waals surface area contributed by atoms with E-state index >= 15 is 0 Å². The van der Waals surface area contributed by atoms with Crippen molar-refractivity contribution in [1.29, 1.82) is 0 Å². The van der Waals surface area contributed by atoms with E-state index in [2.05, 4.69) is 15.4 Å². The Bertz CT molecular complexity index is 736. The first kappa shape index (κ1) is 14.6. The Balaban J connectivity index is 2.13. The molecule has 22 heavy (non-hydrogen) atoms. The lowest BCUT2D eigenvalue weighted by molar-refractivity contribution is -0.139. The molecular weight excluding hydrogens is 304 g/mol. The number of rotatable bonds is 3. The summed E-state index contributed by atoms with van der Waals surface area (Å²) in [6.45, 7) is 3.92. The highest BCUT2D eigenvalue weighted by Gasteiger charge is 2.34. The summed E-state index contributed by atoms with van der Waals surface area (Å²) in [6.07, 6.45) is 1.45. The lowest BCUT2D eigenvalue weighted by Gasteiger charge is -2.28. The van der Waals surface area contributed by atoms with Gasteiger partial charge in [0.2, 0.25) is 5.95 Å². The second-order valence-electron chi connectivity index (χ2n) is 4.87. The van der Waals surface area contributed by atoms with Gasteiger partial charge in [-0.05, 0) is 31.5 Å². The predicted molar refractivity (Wildman–Crippen MR) is 82.6 cm³/mol. The molecule has 7 heteroatoms. The van der Waals surface area contributed by atoms with E-state index in [1.807, 2.05) is 19.1 Å². The number of ether oxygens (including phenoxy) is 1. The summed E-state index contributed by atoms with van der Waals surface area (Å²) < 4.78 is 6.86. The quantitative estimate of drug-likeness (QED) is 0.881. The van der Waals surface area contributed by atoms with E-state index in [9.17, 15) is 4.79 Å². The van der Waals surface area contributed by atoms with Crippen LogP contribution in [0.4, 0.5) is 5.95 Å². The molecule has 2 heterocycles. The zero-order chi connectivity index (χ0) is 15.7. The van der Waals surface area contributed by atoms with E-state index in [1.54, 1.807) is 23.7 Å². The number of carbonyl (C=O) groups excluding carboxylic acids is 1. The molecule has 2 aromatic rings. The van der Waals surface area contributed by atoms with Crippen molar-refractivity contribution >= 4 is 23.5 Å². The van der Waals surface area contributed by atoms with Crippen LogP contribution < -0.4 is 5.32 Å². The fourth-order valence-electron chi connectivity index (χ4n) is 2.52. The summed E-state index contributed by atoms with van der Waals surface area (Å²) in [6, 6.07) is 6.92. The van der Waals surface area contributed by atoms with Crippen molar-refractivity contribution in [3.8, 4) is 0 Å². The second-order valence-corrected chi connectivity index (χ2v) is 5.30. The Morgan fingerprint density at radius 1 is 1.41 bits per heavy atom. The average Bonchev–Trinajstić information content (AvgIpc) is 2.94. The fraction of sp³-hybridized carbons (Fsp3) is 0.267. The predicted octanol–water partition coefficient (Wildman–Crippen LogP) is 2.78. The maximum absolute atomic E-state index is 12.4. The summed E-state index contributed by atoms with van der Waals surface area (Å²) in [4.78, 5) is 16.6. The zero-order valence-electron chi connectivity index (χ0n) is 12.2. The highest BCUT2D eigenvalue weighted by atomic mass is 35.5. The minimum Gasteiger partial charge on any atom is -0.463 e. The van der Waals surface area contributed by atoms with Gasteiger partial charge in [-0.15, -0.1) is 0 Å². The summed E-state index contributed by atoms with van der Waals surface area (Å²) in [5.41, 5.74) is 2.11. The number of fused-ring (bicyclic) bond motifs is 1. The molecule has 1 aromatic carbocycles. The van der Waals surface area contributed by atoms with Crippen LogP contribution in [0.15, 0.2) is 41.9 Å². The number of nitrogens with one attached hydrogen (secondary N) is 1. The van der Waals surface area contributed by atoms with Gasteiger partial charge in [0, 0.05) is 10.7 Å². The third-order valence-corrected chi connectivity index (χ3v) is 3.73. The molecule has 6 nitrogen and oxygen atoms in total. The smallest absolute Gasteiger partial charge is 0.338 e. The molecular formula is C15H15ClN4O2. The van der Waals surface area contributed by atoms with E-state index in [0.717, 1.165) is 5.56 Å². The van der Waals surface area contributed by atoms with Gasteiger partial charge in [0.1, 0.15) is 12.4 Å². The van der Waals surface area contributed by atoms with Gasteiger partial charge < -0.3 is 10.1 Å². The zero-order valence-corrected chi connectivity index (χ0v) is 13.0. The van der Waals surface area contributed by atoms with Crippen LogP contribution in [0.3, 0.4) is 0 Å². The molecule has 0 radical (unpaired) electrons. The third kappa shape index (κ3) is 2.46. The van der Waals surface area contributed by atoms with Crippen molar-refractivity contribution in [1.82, 2.24) is 14.8 Å². The van der Waals surface area contributed by atoms with Crippen molar-refractivity contribution in [3.63, 3.8) is 0 Å². The van der Waals surface area contributed by atoms with E-state index in [0.29, 0.717) is 28.8 Å². The minimum absolute atomic E-state index is 0.313. The highest BCUT2D eigenvalue weighted by molar-refractivity contribution is 6.30. The van der Waals surface area contributed by atoms with Gasteiger partial charge in [0.15, 0.2) is 0 Å². The Morgan fingerprint density at radius 3 is 2.82 bits per heavy atom. The van der Waals surface area contributed by atoms with Crippen molar-refractivity contribution < 1.29 is 9.53 Å². The number of hydrogen-bond donors (Lipinski definition) is 1. The van der Waals surface area contributed by atoms with Crippen LogP contribution in [0.1, 0.15) is 25.5 Å². The summed E-state index contributed by atoms with van der Waals surface area (Å²) in [5, 5.41) is 7.95. The summed E-state index contributed by atoms with van der Waals surface area (Å²) >= 11 is 5.96. The van der Waals surface area contributed by atoms with E-state index in [-0.39, 0.29) is 5.97 Å². The van der Waals surface area contributed by atoms with Crippen molar-refractivity contribution in [2.45, 2.75) is 19.9 Å². The molecule has 114 valence electrons. The molecule has 1 N–H and O–H groups in total. The Morgan fingerprint density at radius 2 is 2.14 bits per heavy atom. The summed E-state index contributed by atoms with van der Waals surface area (Å²) in [7, 11) is 0. The molecule has 0 spiro atoms. The largest absolute Gasteiger partial charge is 0.463 e. The van der Waals surface area contributed by atoms with Gasteiger partial charge in [-0.3, -0.25) is 0 Å². The lowest BCUT2D eigenvalue weighted by atomic mass is 9.96. The number of halogens is 1. The topological polar surface area (TPSA) is 69.0 Å². The van der Waals surface area contributed by atoms with Crippen LogP contribution in [0, 0.1) is 0 Å². The fourth-order valence-corrected chi connectivity index (χ4v) is 2.64. The minimum atomic E-state index is -0.393. The molecule has 3 rings (SSSR count). The maximum atomic E-state index is 12.4. The maximum Gasteiger partial charge on any atom is 0.338 e. The van der Waals surface area contributed by atoms with Crippen LogP contribution in [-0.2, 0) is 9.53 Å². The highest BCUT2D eigenvalue weighted by Crippen LogP contribution is 2.35. The number of esters is 1. The van der Waals surface area contributed by atoms with Gasteiger partial charge >= 0.3 is 5.97 Å². The molecule has 0 aliphatic carbocycles. The number of nitrogens with zero attached hydrogens (tertiary/aromatic N) is 3. The summed E-state index contributed by atoms with van der Waals surface area (Å²) in [5.74, 6) is 0.221. The number of hydrogen-bond acceptors (Lipinski definition) is 5. The number of anilines is 1. The molecule has 1 unspecified atom stereocenters. The lowest BCUT2D eigenvalue weighted by Crippen LogP contribution is -2.29. The van der Waals surface area contributed by atoms with Crippen molar-refractivity contribution in [2.24, 2.45) is 0 Å². The number of allylic oxidation sites excluding steroid dienone is 1. The van der Waals surface area contributed by atoms with Gasteiger partial charge in [0.05, 0.1) is 12.2 Å². The molecule has 1 aliphatic heterocycles. The van der Waals surface area contributed by atoms with E-state index in [4.69, 9.17) is 16.3 Å². The Hall–Kier alpha value is -2.34. The van der Waals surface area contributed by atoms with Gasteiger partial charge in [-0.2, -0.15) is 10.1 Å². The van der Waals surface area contributed by atoms with Crippen LogP contribution in [0.25, 0.3) is 0 Å². The number of aromatic nitrogens is 3. The first-order chi connectivity index (χ1) is 10.6. The Labute approximate surface area is 132 Å². The van der Waals surface area contributed by atoms with Crippen molar-refractivity contribution in [2.75, 3.05) is 11.9 Å². The SMILES string of the molecule is CCOC(=O)C1=C(C)Nc2ncnn2C1c1ccc(Cl)cc1.